The molecule has 1 aliphatic carbocycles. The van der Waals surface area contributed by atoms with Gasteiger partial charge in [0.25, 0.3) is 0 Å². The van der Waals surface area contributed by atoms with E-state index >= 15 is 0 Å². The van der Waals surface area contributed by atoms with Gasteiger partial charge in [-0.15, -0.1) is 5.73 Å². The molecule has 0 heterocycles. The molecule has 16 heavy (non-hydrogen) atoms. The highest BCUT2D eigenvalue weighted by Gasteiger charge is 2.00. The number of allylic oxidation sites excluding steroid dienone is 3. The predicted octanol–water partition coefficient (Wildman–Crippen LogP) is 2.65. The molecule has 2 rings (SSSR count). The quantitative estimate of drug-likeness (QED) is 0.620. The van der Waals surface area contributed by atoms with Gasteiger partial charge in [0, 0.05) is 0 Å². The molecule has 0 amide bonds. The van der Waals surface area contributed by atoms with Crippen LogP contribution in [0.2, 0.25) is 0 Å². The first-order valence-corrected chi connectivity index (χ1v) is 5.38. The van der Waals surface area contributed by atoms with Crippen molar-refractivity contribution in [2.24, 2.45) is 0 Å². The molecule has 1 aromatic rings. The molecule has 0 nitrogen and oxygen atoms in total. The minimum atomic E-state index is 1.21. The van der Waals surface area contributed by atoms with Crippen molar-refractivity contribution in [3.63, 3.8) is 0 Å². The normalized spacial score (nSPS) is 15.1. The zero-order chi connectivity index (χ0) is 11.4. The van der Waals surface area contributed by atoms with Gasteiger partial charge < -0.3 is 0 Å². The third-order valence-corrected chi connectivity index (χ3v) is 2.65. The molecule has 0 saturated carbocycles. The fourth-order valence-electron chi connectivity index (χ4n) is 1.87. The smallest absolute Gasteiger partial charge is 0.00283 e. The minimum absolute atomic E-state index is 1.21. The minimum Gasteiger partial charge on any atom is -0.120 e. The Bertz CT molecular complexity index is 619. The maximum absolute atomic E-state index is 3.77. The Balaban J connectivity index is 2.94. The number of hydrogen-bond donors (Lipinski definition) is 0. The highest BCUT2D eigenvalue weighted by Crippen LogP contribution is 2.09. The fourth-order valence-corrected chi connectivity index (χ4v) is 1.87. The van der Waals surface area contributed by atoms with Crippen LogP contribution in [0.25, 0.3) is 24.3 Å². The summed E-state index contributed by atoms with van der Waals surface area (Å²) >= 11 is 0. The van der Waals surface area contributed by atoms with E-state index in [1.807, 2.05) is 37.3 Å². The Morgan fingerprint density at radius 1 is 1.31 bits per heavy atom. The van der Waals surface area contributed by atoms with Crippen LogP contribution < -0.4 is 10.4 Å². The monoisotopic (exact) mass is 206 g/mol. The van der Waals surface area contributed by atoms with Crippen LogP contribution in [-0.2, 0) is 0 Å². The molecular formula is C16H14. The van der Waals surface area contributed by atoms with E-state index in [2.05, 4.69) is 36.6 Å². The van der Waals surface area contributed by atoms with Gasteiger partial charge in [-0.1, -0.05) is 49.1 Å². The molecule has 0 fully saturated rings. The Kier molecular flexibility index (Phi) is 3.05. The van der Waals surface area contributed by atoms with Crippen LogP contribution in [0.1, 0.15) is 18.1 Å². The van der Waals surface area contributed by atoms with Gasteiger partial charge >= 0.3 is 0 Å². The van der Waals surface area contributed by atoms with Crippen LogP contribution >= 0.6 is 0 Å². The Morgan fingerprint density at radius 2 is 2.19 bits per heavy atom. The molecule has 0 aromatic heterocycles. The SMILES string of the molecule is C=C/C=c1/c2c(cc/c1=C/C)C=CC=C=C2. The van der Waals surface area contributed by atoms with Gasteiger partial charge in [-0.2, -0.15) is 0 Å². The average molecular weight is 206 g/mol. The van der Waals surface area contributed by atoms with Crippen molar-refractivity contribution in [2.75, 3.05) is 0 Å². The van der Waals surface area contributed by atoms with E-state index in [1.165, 1.54) is 21.6 Å². The lowest BCUT2D eigenvalue weighted by molar-refractivity contribution is 1.46. The van der Waals surface area contributed by atoms with Crippen molar-refractivity contribution in [1.29, 1.82) is 0 Å². The Labute approximate surface area is 95.9 Å². The van der Waals surface area contributed by atoms with Crippen molar-refractivity contribution < 1.29 is 0 Å². The van der Waals surface area contributed by atoms with Crippen molar-refractivity contribution in [3.8, 4) is 0 Å². The number of fused-ring (bicyclic) bond motifs is 1. The van der Waals surface area contributed by atoms with Crippen LogP contribution in [0.4, 0.5) is 0 Å². The maximum Gasteiger partial charge on any atom is -0.00283 e. The molecule has 0 atom stereocenters. The second kappa shape index (κ2) is 4.65. The predicted molar refractivity (Wildman–Crippen MR) is 72.1 cm³/mol. The van der Waals surface area contributed by atoms with Crippen molar-refractivity contribution >= 4 is 24.3 Å². The van der Waals surface area contributed by atoms with Crippen LogP contribution in [-0.4, -0.2) is 0 Å². The third-order valence-electron chi connectivity index (χ3n) is 2.65. The Hall–Kier alpha value is -2.04. The summed E-state index contributed by atoms with van der Waals surface area (Å²) in [4.78, 5) is 0. The summed E-state index contributed by atoms with van der Waals surface area (Å²) in [7, 11) is 0. The second-order valence-electron chi connectivity index (χ2n) is 3.60. The van der Waals surface area contributed by atoms with E-state index in [4.69, 9.17) is 0 Å². The summed E-state index contributed by atoms with van der Waals surface area (Å²) in [6.07, 6.45) is 14.0. The van der Waals surface area contributed by atoms with Gasteiger partial charge in [0.05, 0.1) is 0 Å². The van der Waals surface area contributed by atoms with Gasteiger partial charge in [0.2, 0.25) is 0 Å². The molecule has 1 aliphatic rings. The zero-order valence-electron chi connectivity index (χ0n) is 9.40. The number of rotatable bonds is 1. The van der Waals surface area contributed by atoms with E-state index in [0.29, 0.717) is 0 Å². The van der Waals surface area contributed by atoms with Crippen LogP contribution in [0.15, 0.2) is 42.7 Å². The lowest BCUT2D eigenvalue weighted by atomic mass is 10.0. The summed E-state index contributed by atoms with van der Waals surface area (Å²) in [5.74, 6) is 0. The highest BCUT2D eigenvalue weighted by atomic mass is 14.0. The zero-order valence-corrected chi connectivity index (χ0v) is 9.40. The van der Waals surface area contributed by atoms with Crippen LogP contribution in [0, 0.1) is 0 Å². The first-order chi connectivity index (χ1) is 7.86. The summed E-state index contributed by atoms with van der Waals surface area (Å²) in [5, 5.41) is 2.44. The van der Waals surface area contributed by atoms with E-state index in [9.17, 15) is 0 Å². The molecule has 1 aromatic carbocycles. The molecule has 0 heteroatoms. The summed E-state index contributed by atoms with van der Waals surface area (Å²) in [6, 6.07) is 4.27. The molecule has 0 bridgehead atoms. The number of hydrogen-bond acceptors (Lipinski definition) is 0. The summed E-state index contributed by atoms with van der Waals surface area (Å²) < 4.78 is 0. The van der Waals surface area contributed by atoms with E-state index in [-0.39, 0.29) is 0 Å². The van der Waals surface area contributed by atoms with Gasteiger partial charge in [-0.3, -0.25) is 0 Å². The Morgan fingerprint density at radius 3 is 2.94 bits per heavy atom. The summed E-state index contributed by atoms with van der Waals surface area (Å²) in [5.41, 5.74) is 5.58. The largest absolute Gasteiger partial charge is 0.120 e. The van der Waals surface area contributed by atoms with E-state index in [1.54, 1.807) is 0 Å². The fraction of sp³-hybridized carbons (Fsp3) is 0.0625. The molecule has 0 saturated heterocycles. The molecule has 78 valence electrons. The van der Waals surface area contributed by atoms with Crippen LogP contribution in [0.3, 0.4) is 0 Å². The first kappa shape index (κ1) is 10.5. The summed E-state index contributed by atoms with van der Waals surface area (Å²) in [6.45, 7) is 5.82. The molecule has 0 radical (unpaired) electrons. The molecular weight excluding hydrogens is 192 g/mol. The van der Waals surface area contributed by atoms with Gasteiger partial charge in [-0.25, -0.2) is 0 Å². The third kappa shape index (κ3) is 1.84. The molecule has 0 spiro atoms. The molecule has 0 unspecified atom stereocenters. The van der Waals surface area contributed by atoms with E-state index < -0.39 is 0 Å². The second-order valence-corrected chi connectivity index (χ2v) is 3.60. The van der Waals surface area contributed by atoms with Gasteiger partial charge in [0.15, 0.2) is 0 Å². The average Bonchev–Trinajstić information content (AvgIpc) is 2.55. The highest BCUT2D eigenvalue weighted by molar-refractivity contribution is 5.69. The van der Waals surface area contributed by atoms with Crippen molar-refractivity contribution in [2.45, 2.75) is 6.92 Å². The first-order valence-electron chi connectivity index (χ1n) is 5.38. The molecule has 0 N–H and O–H groups in total. The number of benzene rings is 1. The lowest BCUT2D eigenvalue weighted by Gasteiger charge is -2.02. The van der Waals surface area contributed by atoms with Crippen LogP contribution in [0.5, 0.6) is 0 Å². The van der Waals surface area contributed by atoms with Gasteiger partial charge in [-0.05, 0) is 40.6 Å². The van der Waals surface area contributed by atoms with Gasteiger partial charge in [0.1, 0.15) is 0 Å². The standard InChI is InChI=1S/C16H14/c1-3-8-15-13(4-2)11-12-14-9-6-5-7-10-16(14)15/h3-6,8-12H,1H2,2H3/b13-4-,15-8+. The lowest BCUT2D eigenvalue weighted by Crippen LogP contribution is -2.27. The topological polar surface area (TPSA) is 0 Å². The van der Waals surface area contributed by atoms with E-state index in [0.717, 1.165) is 0 Å². The van der Waals surface area contributed by atoms with Crippen molar-refractivity contribution in [3.05, 3.63) is 64.2 Å². The molecule has 0 aliphatic heterocycles. The van der Waals surface area contributed by atoms with Crippen molar-refractivity contribution in [1.82, 2.24) is 0 Å². The maximum atomic E-state index is 3.77.